The van der Waals surface area contributed by atoms with Crippen molar-refractivity contribution >= 4 is 39.1 Å². The summed E-state index contributed by atoms with van der Waals surface area (Å²) in [5, 5.41) is 4.98. The fraction of sp³-hybridized carbons (Fsp3) is 0.350. The number of aryl methyl sites for hydroxylation is 1. The molecule has 1 N–H and O–H groups in total. The molecule has 0 bridgehead atoms. The van der Waals surface area contributed by atoms with Crippen molar-refractivity contribution in [3.63, 3.8) is 0 Å². The summed E-state index contributed by atoms with van der Waals surface area (Å²) in [4.78, 5) is 23.5. The van der Waals surface area contributed by atoms with Gasteiger partial charge in [0, 0.05) is 37.0 Å². The van der Waals surface area contributed by atoms with Gasteiger partial charge in [0.25, 0.3) is 0 Å². The number of methoxy groups -OCH3 is 1. The van der Waals surface area contributed by atoms with Gasteiger partial charge in [0.2, 0.25) is 11.8 Å². The molecule has 29 heavy (non-hydrogen) atoms. The third-order valence-corrected chi connectivity index (χ3v) is 5.57. The van der Waals surface area contributed by atoms with Gasteiger partial charge < -0.3 is 24.3 Å². The summed E-state index contributed by atoms with van der Waals surface area (Å²) in [7, 11) is 1.69. The molecule has 0 radical (unpaired) electrons. The molecule has 1 aliphatic rings. The number of carbonyl (C=O) groups excluding carboxylic acids is 1. The van der Waals surface area contributed by atoms with Crippen molar-refractivity contribution < 1.29 is 14.3 Å². The van der Waals surface area contributed by atoms with Gasteiger partial charge in [0.15, 0.2) is 5.13 Å². The van der Waals surface area contributed by atoms with Crippen molar-refractivity contribution in [2.75, 3.05) is 32.1 Å². The first-order valence-corrected chi connectivity index (χ1v) is 10.2. The Kier molecular flexibility index (Phi) is 5.50. The molecule has 0 aliphatic carbocycles. The van der Waals surface area contributed by atoms with E-state index in [1.165, 1.54) is 6.08 Å². The molecule has 3 aromatic rings. The van der Waals surface area contributed by atoms with Crippen LogP contribution in [0.2, 0.25) is 0 Å². The number of amides is 1. The monoisotopic (exact) mass is 413 g/mol. The van der Waals surface area contributed by atoms with E-state index < -0.39 is 0 Å². The molecule has 0 atom stereocenters. The zero-order valence-electron chi connectivity index (χ0n) is 16.4. The van der Waals surface area contributed by atoms with E-state index in [0.29, 0.717) is 31.4 Å². The van der Waals surface area contributed by atoms with Crippen molar-refractivity contribution in [1.82, 2.24) is 19.4 Å². The third-order valence-electron chi connectivity index (χ3n) is 4.74. The molecule has 8 nitrogen and oxygen atoms in total. The predicted molar refractivity (Wildman–Crippen MR) is 113 cm³/mol. The Labute approximate surface area is 172 Å². The summed E-state index contributed by atoms with van der Waals surface area (Å²) in [5.41, 5.74) is 1.00. The minimum absolute atomic E-state index is 0.0803. The fourth-order valence-electron chi connectivity index (χ4n) is 3.20. The molecule has 3 aromatic heterocycles. The lowest BCUT2D eigenvalue weighted by atomic mass is 10.1. The smallest absolute Gasteiger partial charge is 0.246 e. The van der Waals surface area contributed by atoms with Gasteiger partial charge in [-0.15, -0.1) is 11.3 Å². The van der Waals surface area contributed by atoms with Crippen LogP contribution in [0.1, 0.15) is 4.88 Å². The fourth-order valence-corrected chi connectivity index (χ4v) is 3.87. The Balaban J connectivity index is 1.61. The topological polar surface area (TPSA) is 81.5 Å². The van der Waals surface area contributed by atoms with Crippen LogP contribution in [0.3, 0.4) is 0 Å². The molecule has 4 heterocycles. The summed E-state index contributed by atoms with van der Waals surface area (Å²) in [6.45, 7) is 7.93. The Hall–Kier alpha value is -2.91. The highest BCUT2D eigenvalue weighted by molar-refractivity contribution is 7.15. The molecule has 0 saturated carbocycles. The molecule has 0 unspecified atom stereocenters. The number of pyridine rings is 1. The van der Waals surface area contributed by atoms with E-state index in [0.717, 1.165) is 27.5 Å². The highest BCUT2D eigenvalue weighted by Gasteiger charge is 2.32. The van der Waals surface area contributed by atoms with Gasteiger partial charge in [-0.05, 0) is 19.1 Å². The van der Waals surface area contributed by atoms with Gasteiger partial charge >= 0.3 is 0 Å². The van der Waals surface area contributed by atoms with E-state index in [1.807, 2.05) is 31.5 Å². The lowest BCUT2D eigenvalue weighted by molar-refractivity contribution is -0.134. The predicted octanol–water partition coefficient (Wildman–Crippen LogP) is 2.97. The van der Waals surface area contributed by atoms with Gasteiger partial charge in [-0.2, -0.15) is 4.98 Å². The van der Waals surface area contributed by atoms with Crippen molar-refractivity contribution in [1.29, 1.82) is 0 Å². The Bertz CT molecular complexity index is 1040. The van der Waals surface area contributed by atoms with E-state index in [4.69, 9.17) is 9.47 Å². The minimum atomic E-state index is -0.0886. The van der Waals surface area contributed by atoms with Crippen LogP contribution in [0.5, 0.6) is 5.88 Å². The van der Waals surface area contributed by atoms with Crippen molar-refractivity contribution in [3.05, 3.63) is 42.1 Å². The molecule has 4 rings (SSSR count). The second-order valence-electron chi connectivity index (χ2n) is 6.84. The van der Waals surface area contributed by atoms with E-state index in [2.05, 4.69) is 26.4 Å². The molecule has 9 heteroatoms. The maximum Gasteiger partial charge on any atom is 0.246 e. The van der Waals surface area contributed by atoms with Crippen LogP contribution in [-0.2, 0) is 16.1 Å². The number of thiazole rings is 1. The van der Waals surface area contributed by atoms with Gasteiger partial charge in [0.05, 0.1) is 30.6 Å². The maximum absolute atomic E-state index is 11.7. The summed E-state index contributed by atoms with van der Waals surface area (Å²) in [5.74, 6) is 1.13. The minimum Gasteiger partial charge on any atom is -0.470 e. The molecule has 152 valence electrons. The van der Waals surface area contributed by atoms with Crippen LogP contribution >= 0.6 is 11.3 Å². The third kappa shape index (κ3) is 4.10. The number of nitrogens with zero attached hydrogens (tertiary/aromatic N) is 4. The first-order chi connectivity index (χ1) is 14.1. The van der Waals surface area contributed by atoms with Gasteiger partial charge in [-0.25, -0.2) is 4.98 Å². The quantitative estimate of drug-likeness (QED) is 0.572. The van der Waals surface area contributed by atoms with Gasteiger partial charge in [-0.1, -0.05) is 6.58 Å². The Morgan fingerprint density at radius 3 is 3.00 bits per heavy atom. The average Bonchev–Trinajstić information content (AvgIpc) is 3.28. The molecule has 0 aromatic carbocycles. The largest absolute Gasteiger partial charge is 0.470 e. The number of anilines is 2. The normalized spacial score (nSPS) is 14.1. The number of likely N-dealkylation sites (tertiary alicyclic amines) is 1. The first-order valence-electron chi connectivity index (χ1n) is 9.33. The number of ether oxygens (including phenoxy) is 2. The lowest BCUT2D eigenvalue weighted by Crippen LogP contribution is -2.55. The van der Waals surface area contributed by atoms with Crippen molar-refractivity contribution in [2.45, 2.75) is 19.6 Å². The highest BCUT2D eigenvalue weighted by atomic mass is 32.1. The van der Waals surface area contributed by atoms with Gasteiger partial charge in [0.1, 0.15) is 11.9 Å². The second kappa shape index (κ2) is 8.22. The van der Waals surface area contributed by atoms with Gasteiger partial charge in [-0.3, -0.25) is 4.79 Å². The van der Waals surface area contributed by atoms with Crippen molar-refractivity contribution in [3.8, 4) is 5.88 Å². The molecular formula is C20H23N5O3S. The van der Waals surface area contributed by atoms with E-state index >= 15 is 0 Å². The molecule has 1 amide bonds. The summed E-state index contributed by atoms with van der Waals surface area (Å²) in [6, 6.07) is 3.98. The number of hydrogen-bond acceptors (Lipinski definition) is 7. The molecule has 1 saturated heterocycles. The molecule has 1 aliphatic heterocycles. The zero-order valence-corrected chi connectivity index (χ0v) is 17.2. The number of rotatable bonds is 8. The van der Waals surface area contributed by atoms with Crippen LogP contribution in [0.4, 0.5) is 10.9 Å². The number of hydrogen-bond donors (Lipinski definition) is 1. The number of nitrogens with one attached hydrogen (secondary N) is 1. The summed E-state index contributed by atoms with van der Waals surface area (Å²) < 4.78 is 13.5. The second-order valence-corrected chi connectivity index (χ2v) is 8.07. The Morgan fingerprint density at radius 2 is 2.31 bits per heavy atom. The SMILES string of the molecule is C=CC(=O)N1CC(Oc2nc(Nc3ncc(C)s3)cc3c2ccn3CCOC)C1. The maximum atomic E-state index is 11.7. The molecule has 0 spiro atoms. The van der Waals surface area contributed by atoms with Crippen molar-refractivity contribution in [2.24, 2.45) is 0 Å². The van der Waals surface area contributed by atoms with E-state index in [-0.39, 0.29) is 12.0 Å². The molecular weight excluding hydrogens is 390 g/mol. The molecule has 1 fully saturated rings. The standard InChI is InChI=1S/C20H23N5O3S/c1-4-18(26)25-11-14(12-25)28-19-15-5-6-24(7-8-27-3)16(15)9-17(22-19)23-20-21-10-13(2)29-20/h4-6,9-10,14H,1,7-8,11-12H2,2-3H3,(H,21,22,23). The van der Waals surface area contributed by atoms with Crippen LogP contribution in [0.15, 0.2) is 37.2 Å². The van der Waals surface area contributed by atoms with Crippen LogP contribution in [0.25, 0.3) is 10.9 Å². The number of fused-ring (bicyclic) bond motifs is 1. The van der Waals surface area contributed by atoms with Crippen LogP contribution in [-0.4, -0.2) is 58.3 Å². The highest BCUT2D eigenvalue weighted by Crippen LogP contribution is 2.31. The van der Waals surface area contributed by atoms with Crippen LogP contribution in [0, 0.1) is 6.92 Å². The van der Waals surface area contributed by atoms with E-state index in [9.17, 15) is 4.79 Å². The van der Waals surface area contributed by atoms with E-state index in [1.54, 1.807) is 23.3 Å². The lowest BCUT2D eigenvalue weighted by Gasteiger charge is -2.38. The zero-order chi connectivity index (χ0) is 20.4. The summed E-state index contributed by atoms with van der Waals surface area (Å²) >= 11 is 1.57. The summed E-state index contributed by atoms with van der Waals surface area (Å²) in [6.07, 6.45) is 5.06. The number of carbonyl (C=O) groups is 1. The average molecular weight is 414 g/mol. The first kappa shape index (κ1) is 19.4. The number of aromatic nitrogens is 3. The Morgan fingerprint density at radius 1 is 1.48 bits per heavy atom. The van der Waals surface area contributed by atoms with Crippen LogP contribution < -0.4 is 10.1 Å².